The number of thioether (sulfide) groups is 1. The molecule has 1 aromatic carbocycles. The van der Waals surface area contributed by atoms with Crippen LogP contribution in [-0.2, 0) is 30.4 Å². The van der Waals surface area contributed by atoms with Crippen LogP contribution in [0.15, 0.2) is 30.3 Å². The summed E-state index contributed by atoms with van der Waals surface area (Å²) in [4.78, 5) is 61.9. The predicted molar refractivity (Wildman–Crippen MR) is 118 cm³/mol. The van der Waals surface area contributed by atoms with Crippen molar-refractivity contribution < 1.29 is 29.1 Å². The highest BCUT2D eigenvalue weighted by Crippen LogP contribution is 2.35. The lowest BCUT2D eigenvalue weighted by Gasteiger charge is -2.30. The smallest absolute Gasteiger partial charge is 0.305 e. The summed E-state index contributed by atoms with van der Waals surface area (Å²) in [5.74, 6) is -1.93. The number of amides is 3. The Morgan fingerprint density at radius 1 is 1.22 bits per heavy atom. The Kier molecular flexibility index (Phi) is 8.26. The number of benzene rings is 1. The molecule has 1 aromatic rings. The summed E-state index contributed by atoms with van der Waals surface area (Å²) in [5, 5.41) is 13.9. The van der Waals surface area contributed by atoms with E-state index in [0.717, 1.165) is 12.0 Å². The fourth-order valence-electron chi connectivity index (χ4n) is 3.99. The molecule has 9 nitrogen and oxygen atoms in total. The van der Waals surface area contributed by atoms with Crippen molar-refractivity contribution in [1.29, 1.82) is 0 Å². The number of nitrogens with one attached hydrogen (secondary N) is 2. The Labute approximate surface area is 190 Å². The van der Waals surface area contributed by atoms with Gasteiger partial charge in [0.25, 0.3) is 0 Å². The van der Waals surface area contributed by atoms with Crippen molar-refractivity contribution >= 4 is 41.7 Å². The number of nitrogens with zero attached hydrogens (tertiary/aromatic N) is 1. The van der Waals surface area contributed by atoms with E-state index in [0.29, 0.717) is 31.3 Å². The topological polar surface area (TPSA) is 133 Å². The van der Waals surface area contributed by atoms with E-state index >= 15 is 0 Å². The van der Waals surface area contributed by atoms with Crippen LogP contribution in [0.25, 0.3) is 0 Å². The minimum atomic E-state index is -1.20. The van der Waals surface area contributed by atoms with E-state index in [2.05, 4.69) is 10.6 Å². The number of aldehydes is 1. The van der Waals surface area contributed by atoms with Crippen molar-refractivity contribution in [3.63, 3.8) is 0 Å². The summed E-state index contributed by atoms with van der Waals surface area (Å²) in [7, 11) is 0. The predicted octanol–water partition coefficient (Wildman–Crippen LogP) is 0.716. The SMILES string of the molecule is O=C[C@H](CC(=O)O)NC(=O)[C@@H]1CS[C@@H]2CCC[C@H](NC(=O)CCc3ccccc3)C(=O)N21. The molecule has 0 spiro atoms. The maximum atomic E-state index is 13.2. The lowest BCUT2D eigenvalue weighted by molar-refractivity contribution is -0.143. The van der Waals surface area contributed by atoms with Gasteiger partial charge in [0.2, 0.25) is 17.7 Å². The van der Waals surface area contributed by atoms with Gasteiger partial charge in [-0.25, -0.2) is 0 Å². The Bertz CT molecular complexity index is 864. The first-order chi connectivity index (χ1) is 15.4. The second-order valence-electron chi connectivity index (χ2n) is 7.93. The summed E-state index contributed by atoms with van der Waals surface area (Å²) >= 11 is 1.48. The van der Waals surface area contributed by atoms with Crippen molar-refractivity contribution in [3.8, 4) is 0 Å². The fraction of sp³-hybridized carbons (Fsp3) is 0.500. The molecule has 0 aromatic heterocycles. The Balaban J connectivity index is 1.62. The van der Waals surface area contributed by atoms with Crippen molar-refractivity contribution in [1.82, 2.24) is 15.5 Å². The van der Waals surface area contributed by atoms with E-state index < -0.39 is 36.4 Å². The zero-order valence-corrected chi connectivity index (χ0v) is 18.4. The van der Waals surface area contributed by atoms with E-state index in [1.165, 1.54) is 16.7 Å². The van der Waals surface area contributed by atoms with Gasteiger partial charge in [0.05, 0.1) is 17.8 Å². The Morgan fingerprint density at radius 2 is 1.97 bits per heavy atom. The average Bonchev–Trinajstić information content (AvgIpc) is 3.14. The third kappa shape index (κ3) is 6.09. The number of fused-ring (bicyclic) bond motifs is 1. The number of carboxylic acids is 1. The van der Waals surface area contributed by atoms with Crippen LogP contribution in [0.5, 0.6) is 0 Å². The monoisotopic (exact) mass is 461 g/mol. The van der Waals surface area contributed by atoms with Gasteiger partial charge in [-0.3, -0.25) is 19.2 Å². The van der Waals surface area contributed by atoms with Crippen LogP contribution in [0.3, 0.4) is 0 Å². The number of hydrogen-bond donors (Lipinski definition) is 3. The van der Waals surface area contributed by atoms with Gasteiger partial charge < -0.3 is 25.4 Å². The zero-order chi connectivity index (χ0) is 23.1. The molecule has 0 radical (unpaired) electrons. The van der Waals surface area contributed by atoms with E-state index in [1.54, 1.807) is 0 Å². The van der Waals surface area contributed by atoms with Gasteiger partial charge >= 0.3 is 5.97 Å². The van der Waals surface area contributed by atoms with Crippen LogP contribution in [0.4, 0.5) is 0 Å². The van der Waals surface area contributed by atoms with Crippen molar-refractivity contribution in [2.24, 2.45) is 0 Å². The van der Waals surface area contributed by atoms with Crippen LogP contribution in [0.1, 0.15) is 37.7 Å². The highest BCUT2D eigenvalue weighted by atomic mass is 32.2. The van der Waals surface area contributed by atoms with Crippen molar-refractivity contribution in [3.05, 3.63) is 35.9 Å². The number of hydrogen-bond acceptors (Lipinski definition) is 6. The number of aliphatic carboxylic acids is 1. The van der Waals surface area contributed by atoms with Gasteiger partial charge in [-0.1, -0.05) is 30.3 Å². The molecule has 4 atom stereocenters. The van der Waals surface area contributed by atoms with Gasteiger partial charge in [0.15, 0.2) is 0 Å². The summed E-state index contributed by atoms with van der Waals surface area (Å²) in [6.45, 7) is 0. The molecule has 3 amide bonds. The molecule has 172 valence electrons. The van der Waals surface area contributed by atoms with E-state index in [-0.39, 0.29) is 23.6 Å². The van der Waals surface area contributed by atoms with Gasteiger partial charge in [-0.15, -0.1) is 11.8 Å². The van der Waals surface area contributed by atoms with E-state index in [9.17, 15) is 24.0 Å². The van der Waals surface area contributed by atoms with Gasteiger partial charge in [0, 0.05) is 12.2 Å². The third-order valence-corrected chi connectivity index (χ3v) is 6.95. The van der Waals surface area contributed by atoms with Crippen LogP contribution in [-0.4, -0.2) is 69.2 Å². The lowest BCUT2D eigenvalue weighted by Crippen LogP contribution is -2.56. The molecule has 0 aliphatic carbocycles. The maximum Gasteiger partial charge on any atom is 0.305 e. The molecule has 2 heterocycles. The molecule has 2 aliphatic heterocycles. The standard InChI is InChI=1S/C22H27N3O6S/c26-12-15(11-20(28)29)23-21(30)17-13-32-19-8-4-7-16(22(31)25(17)19)24-18(27)10-9-14-5-2-1-3-6-14/h1-3,5-6,12,15-17,19H,4,7-11,13H2,(H,23,30)(H,24,27)(H,28,29)/t15-,16-,17-,19+/m0/s1. The molecule has 2 aliphatic rings. The summed E-state index contributed by atoms with van der Waals surface area (Å²) in [6, 6.07) is 6.93. The molecular weight excluding hydrogens is 434 g/mol. The number of carbonyl (C=O) groups is 5. The van der Waals surface area contributed by atoms with Gasteiger partial charge in [-0.05, 0) is 31.2 Å². The second-order valence-corrected chi connectivity index (χ2v) is 9.15. The summed E-state index contributed by atoms with van der Waals surface area (Å²) in [5.41, 5.74) is 1.04. The van der Waals surface area contributed by atoms with Gasteiger partial charge in [0.1, 0.15) is 18.4 Å². The number of carbonyl (C=O) groups excluding carboxylic acids is 4. The number of aryl methyl sites for hydroxylation is 1. The summed E-state index contributed by atoms with van der Waals surface area (Å²) < 4.78 is 0. The third-order valence-electron chi connectivity index (χ3n) is 5.60. The van der Waals surface area contributed by atoms with Crippen LogP contribution in [0.2, 0.25) is 0 Å². The first-order valence-corrected chi connectivity index (χ1v) is 11.7. The Hall–Kier alpha value is -2.88. The van der Waals surface area contributed by atoms with Crippen molar-refractivity contribution in [2.75, 3.05) is 5.75 Å². The maximum absolute atomic E-state index is 13.2. The van der Waals surface area contributed by atoms with Crippen LogP contribution >= 0.6 is 11.8 Å². The molecule has 3 N–H and O–H groups in total. The van der Waals surface area contributed by atoms with Crippen LogP contribution in [0, 0.1) is 0 Å². The highest BCUT2D eigenvalue weighted by molar-refractivity contribution is 8.00. The highest BCUT2D eigenvalue weighted by Gasteiger charge is 2.45. The Morgan fingerprint density at radius 3 is 2.66 bits per heavy atom. The van der Waals surface area contributed by atoms with Gasteiger partial charge in [-0.2, -0.15) is 0 Å². The first-order valence-electron chi connectivity index (χ1n) is 10.6. The summed E-state index contributed by atoms with van der Waals surface area (Å²) in [6.07, 6.45) is 2.60. The molecule has 32 heavy (non-hydrogen) atoms. The molecule has 2 fully saturated rings. The van der Waals surface area contributed by atoms with Crippen LogP contribution < -0.4 is 10.6 Å². The van der Waals surface area contributed by atoms with Crippen molar-refractivity contribution in [2.45, 2.75) is 62.0 Å². The number of carboxylic acid groups (broad SMARTS) is 1. The normalized spacial score (nSPS) is 23.6. The minimum Gasteiger partial charge on any atom is -0.481 e. The van der Waals surface area contributed by atoms with E-state index in [1.807, 2.05) is 30.3 Å². The molecule has 2 saturated heterocycles. The molecule has 10 heteroatoms. The first kappa shape index (κ1) is 23.8. The molecule has 0 unspecified atom stereocenters. The minimum absolute atomic E-state index is 0.182. The second kappa shape index (κ2) is 11.1. The largest absolute Gasteiger partial charge is 0.481 e. The molecule has 0 bridgehead atoms. The zero-order valence-electron chi connectivity index (χ0n) is 17.6. The fourth-order valence-corrected chi connectivity index (χ4v) is 5.45. The molecule has 0 saturated carbocycles. The van der Waals surface area contributed by atoms with E-state index in [4.69, 9.17) is 5.11 Å². The quantitative estimate of drug-likeness (QED) is 0.462. The lowest BCUT2D eigenvalue weighted by atomic mass is 10.1. The average molecular weight is 462 g/mol. The number of rotatable bonds is 9. The molecular formula is C22H27N3O6S. The molecule has 3 rings (SSSR count).